The first-order chi connectivity index (χ1) is 19.7. The van der Waals surface area contributed by atoms with Gasteiger partial charge in [-0.1, -0.05) is 17.7 Å². The quantitative estimate of drug-likeness (QED) is 0.279. The van der Waals surface area contributed by atoms with Gasteiger partial charge >= 0.3 is 0 Å². The molecule has 0 aromatic heterocycles. The number of nitrogens with one attached hydrogen (secondary N) is 1. The summed E-state index contributed by atoms with van der Waals surface area (Å²) >= 11 is 0. The number of benzene rings is 2. The van der Waals surface area contributed by atoms with Crippen molar-refractivity contribution in [2.75, 3.05) is 33.9 Å². The first-order valence-corrected chi connectivity index (χ1v) is 13.4. The molecule has 3 N–H and O–H groups in total. The van der Waals surface area contributed by atoms with E-state index < -0.39 is 30.1 Å². The van der Waals surface area contributed by atoms with Gasteiger partial charge in [0.25, 0.3) is 0 Å². The molecular weight excluding hydrogens is 528 g/mol. The van der Waals surface area contributed by atoms with Gasteiger partial charge in [-0.15, -0.1) is 0 Å². The van der Waals surface area contributed by atoms with Crippen LogP contribution in [-0.2, 0) is 16.0 Å². The van der Waals surface area contributed by atoms with E-state index >= 15 is 0 Å². The van der Waals surface area contributed by atoms with Gasteiger partial charge in [0.1, 0.15) is 24.2 Å². The predicted octanol–water partition coefficient (Wildman–Crippen LogP) is 2.18. The van der Waals surface area contributed by atoms with Crippen molar-refractivity contribution in [2.24, 2.45) is 0 Å². The molecule has 2 aromatic carbocycles. The lowest BCUT2D eigenvalue weighted by atomic mass is 9.77. The van der Waals surface area contributed by atoms with Crippen LogP contribution in [0.4, 0.5) is 0 Å². The van der Waals surface area contributed by atoms with E-state index in [4.69, 9.17) is 14.2 Å². The number of aliphatic hydroxyl groups is 2. The Morgan fingerprint density at radius 2 is 1.93 bits per heavy atom. The Balaban J connectivity index is 1.78. The Labute approximate surface area is 239 Å². The van der Waals surface area contributed by atoms with Crippen molar-refractivity contribution in [2.45, 2.75) is 44.4 Å². The summed E-state index contributed by atoms with van der Waals surface area (Å²) in [7, 11) is 3.03. The number of ether oxygens (including phenoxy) is 3. The minimum absolute atomic E-state index is 0.0163. The molecule has 4 rings (SSSR count). The van der Waals surface area contributed by atoms with Crippen molar-refractivity contribution in [3.05, 3.63) is 76.4 Å². The van der Waals surface area contributed by atoms with Crippen LogP contribution in [0.15, 0.2) is 59.7 Å². The SMILES string of the molecule is COc1cccc(CCN(C(=O)C=C(C)C)C2C=C(C(=O)NCCO)C3c4cc(C=O)cc(OC)c4OC3C2O)c1. The van der Waals surface area contributed by atoms with E-state index in [1.807, 2.05) is 38.1 Å². The van der Waals surface area contributed by atoms with Crippen molar-refractivity contribution in [1.82, 2.24) is 10.2 Å². The molecule has 1 aliphatic heterocycles. The molecule has 218 valence electrons. The number of hydrogen-bond donors (Lipinski definition) is 3. The van der Waals surface area contributed by atoms with Gasteiger partial charge < -0.3 is 34.6 Å². The van der Waals surface area contributed by atoms with Crippen molar-refractivity contribution in [1.29, 1.82) is 0 Å². The Bertz CT molecular complexity index is 1360. The summed E-state index contributed by atoms with van der Waals surface area (Å²) in [5.74, 6) is -0.213. The molecule has 2 aromatic rings. The van der Waals surface area contributed by atoms with Crippen molar-refractivity contribution < 1.29 is 38.8 Å². The number of hydrogen-bond acceptors (Lipinski definition) is 8. The van der Waals surface area contributed by atoms with Crippen molar-refractivity contribution in [3.63, 3.8) is 0 Å². The molecule has 2 aliphatic rings. The van der Waals surface area contributed by atoms with Crippen molar-refractivity contribution >= 4 is 18.1 Å². The molecule has 0 bridgehead atoms. The maximum atomic E-state index is 13.5. The number of carbonyl (C=O) groups excluding carboxylic acids is 3. The average Bonchev–Trinajstić information content (AvgIpc) is 3.36. The normalized spacial score (nSPS) is 20.5. The van der Waals surface area contributed by atoms with Crippen LogP contribution in [0.1, 0.15) is 41.3 Å². The van der Waals surface area contributed by atoms with Gasteiger partial charge in [0.2, 0.25) is 11.8 Å². The first-order valence-electron chi connectivity index (χ1n) is 13.4. The van der Waals surface area contributed by atoms with Crippen LogP contribution in [0, 0.1) is 0 Å². The van der Waals surface area contributed by atoms with E-state index in [-0.39, 0.29) is 31.2 Å². The second-order valence-corrected chi connectivity index (χ2v) is 10.3. The van der Waals surface area contributed by atoms with Gasteiger partial charge in [-0.05, 0) is 56.2 Å². The largest absolute Gasteiger partial charge is 0.497 e. The van der Waals surface area contributed by atoms with Gasteiger partial charge in [-0.2, -0.15) is 0 Å². The second-order valence-electron chi connectivity index (χ2n) is 10.3. The molecule has 0 saturated heterocycles. The standard InChI is InChI=1S/C31H36N2O8/c1-18(2)12-26(36)33(10-8-19-6-5-7-21(13-19)39-3)24-16-23(31(38)32-9-11-34)27-22-14-20(17-35)15-25(40-4)29(22)41-30(27)28(24)37/h5-7,12-17,24,27-28,30,34,37H,8-11H2,1-4H3,(H,32,38). The Hall–Kier alpha value is -4.15. The average molecular weight is 565 g/mol. The van der Waals surface area contributed by atoms with Gasteiger partial charge in [-0.25, -0.2) is 0 Å². The number of methoxy groups -OCH3 is 2. The zero-order chi connectivity index (χ0) is 29.7. The second kappa shape index (κ2) is 13.0. The molecular formula is C31H36N2O8. The fourth-order valence-corrected chi connectivity index (χ4v) is 5.37. The number of fused-ring (bicyclic) bond motifs is 3. The highest BCUT2D eigenvalue weighted by atomic mass is 16.5. The number of carbonyl (C=O) groups is 3. The first kappa shape index (κ1) is 29.8. The van der Waals surface area contributed by atoms with Crippen LogP contribution in [0.5, 0.6) is 17.2 Å². The third-order valence-corrected chi connectivity index (χ3v) is 7.24. The van der Waals surface area contributed by atoms with E-state index in [1.54, 1.807) is 19.3 Å². The van der Waals surface area contributed by atoms with E-state index in [0.29, 0.717) is 41.1 Å². The molecule has 0 spiro atoms. The monoisotopic (exact) mass is 564 g/mol. The molecule has 1 heterocycles. The van der Waals surface area contributed by atoms with Gasteiger partial charge in [0, 0.05) is 35.9 Å². The highest BCUT2D eigenvalue weighted by Gasteiger charge is 2.51. The van der Waals surface area contributed by atoms with E-state index in [1.165, 1.54) is 24.2 Å². The minimum Gasteiger partial charge on any atom is -0.497 e. The van der Waals surface area contributed by atoms with Crippen LogP contribution in [0.25, 0.3) is 0 Å². The summed E-state index contributed by atoms with van der Waals surface area (Å²) in [6.07, 6.45) is 2.07. The zero-order valence-electron chi connectivity index (χ0n) is 23.6. The van der Waals surface area contributed by atoms with Gasteiger partial charge in [-0.3, -0.25) is 14.4 Å². The zero-order valence-corrected chi connectivity index (χ0v) is 23.6. The molecule has 0 fully saturated rings. The van der Waals surface area contributed by atoms with Crippen molar-refractivity contribution in [3.8, 4) is 17.2 Å². The third-order valence-electron chi connectivity index (χ3n) is 7.24. The molecule has 1 aliphatic carbocycles. The van der Waals surface area contributed by atoms with Crippen LogP contribution in [0.3, 0.4) is 0 Å². The summed E-state index contributed by atoms with van der Waals surface area (Å²) in [5, 5.41) is 23.7. The summed E-state index contributed by atoms with van der Waals surface area (Å²) in [6, 6.07) is 9.74. The van der Waals surface area contributed by atoms with Crippen LogP contribution in [0.2, 0.25) is 0 Å². The fraction of sp³-hybridized carbons (Fsp3) is 0.387. The smallest absolute Gasteiger partial charge is 0.247 e. The molecule has 0 radical (unpaired) electrons. The maximum absolute atomic E-state index is 13.5. The Kier molecular flexibility index (Phi) is 9.46. The lowest BCUT2D eigenvalue weighted by molar-refractivity contribution is -0.132. The van der Waals surface area contributed by atoms with Gasteiger partial charge in [0.15, 0.2) is 11.5 Å². The Morgan fingerprint density at radius 3 is 2.59 bits per heavy atom. The Morgan fingerprint density at radius 1 is 1.15 bits per heavy atom. The third kappa shape index (κ3) is 6.28. The summed E-state index contributed by atoms with van der Waals surface area (Å²) in [5.41, 5.74) is 2.83. The molecule has 2 amide bonds. The van der Waals surface area contributed by atoms with Crippen LogP contribution >= 0.6 is 0 Å². The molecule has 10 nitrogen and oxygen atoms in total. The number of rotatable bonds is 11. The maximum Gasteiger partial charge on any atom is 0.247 e. The van der Waals surface area contributed by atoms with Crippen LogP contribution in [-0.4, -0.2) is 85.4 Å². The van der Waals surface area contributed by atoms with E-state index in [0.717, 1.165) is 11.1 Å². The number of aliphatic hydroxyl groups excluding tert-OH is 2. The fourth-order valence-electron chi connectivity index (χ4n) is 5.37. The molecule has 10 heteroatoms. The minimum atomic E-state index is -1.22. The number of amides is 2. The number of allylic oxidation sites excluding steroid dienone is 1. The topological polar surface area (TPSA) is 135 Å². The highest BCUT2D eigenvalue weighted by Crippen LogP contribution is 2.51. The lowest BCUT2D eigenvalue weighted by Crippen LogP contribution is -2.56. The van der Waals surface area contributed by atoms with Crippen LogP contribution < -0.4 is 19.5 Å². The predicted molar refractivity (Wildman–Crippen MR) is 151 cm³/mol. The summed E-state index contributed by atoms with van der Waals surface area (Å²) < 4.78 is 17.0. The van der Waals surface area contributed by atoms with E-state index in [9.17, 15) is 24.6 Å². The highest BCUT2D eigenvalue weighted by molar-refractivity contribution is 5.97. The van der Waals surface area contributed by atoms with E-state index in [2.05, 4.69) is 5.32 Å². The molecule has 4 unspecified atom stereocenters. The van der Waals surface area contributed by atoms with Gasteiger partial charge in [0.05, 0.1) is 32.8 Å². The molecule has 4 atom stereocenters. The molecule has 0 saturated carbocycles. The number of nitrogens with zero attached hydrogens (tertiary/aromatic N) is 1. The summed E-state index contributed by atoms with van der Waals surface area (Å²) in [4.78, 5) is 40.2. The lowest BCUT2D eigenvalue weighted by Gasteiger charge is -2.40. The summed E-state index contributed by atoms with van der Waals surface area (Å²) in [6.45, 7) is 3.61. The molecule has 41 heavy (non-hydrogen) atoms. The number of aldehydes is 1.